The first-order valence-corrected chi connectivity index (χ1v) is 7.75. The van der Waals surface area contributed by atoms with Crippen LogP contribution in [-0.2, 0) is 4.74 Å². The smallest absolute Gasteiger partial charge is 0.119 e. The Balaban J connectivity index is 2.71. The minimum atomic E-state index is 0.305. The maximum Gasteiger partial charge on any atom is 0.119 e. The molecule has 0 saturated carbocycles. The van der Waals surface area contributed by atoms with Gasteiger partial charge in [0.25, 0.3) is 0 Å². The van der Waals surface area contributed by atoms with Crippen LogP contribution in [0.3, 0.4) is 0 Å². The van der Waals surface area contributed by atoms with E-state index in [-0.39, 0.29) is 0 Å². The fourth-order valence-electron chi connectivity index (χ4n) is 2.33. The van der Waals surface area contributed by atoms with E-state index in [4.69, 9.17) is 9.47 Å². The van der Waals surface area contributed by atoms with Crippen LogP contribution in [0.1, 0.15) is 32.4 Å². The van der Waals surface area contributed by atoms with Gasteiger partial charge in [0.05, 0.1) is 13.2 Å². The molecule has 0 heterocycles. The highest BCUT2D eigenvalue weighted by atomic mass is 16.5. The summed E-state index contributed by atoms with van der Waals surface area (Å²) in [5, 5.41) is 3.41. The number of ether oxygens (including phenoxy) is 2. The number of benzene rings is 1. The van der Waals surface area contributed by atoms with Crippen LogP contribution >= 0.6 is 0 Å². The standard InChI is InChI=1S/C17H30N2O2/c1-6-21-16-9-7-15(8-10-16)17(18-4)13-19(14(2)3)11-12-20-5/h7-10,14,17-18H,6,11-13H2,1-5H3. The third-order valence-corrected chi connectivity index (χ3v) is 3.67. The van der Waals surface area contributed by atoms with Gasteiger partial charge in [-0.05, 0) is 45.5 Å². The molecule has 0 saturated heterocycles. The van der Waals surface area contributed by atoms with Gasteiger partial charge in [0, 0.05) is 32.3 Å². The molecular formula is C17H30N2O2. The van der Waals surface area contributed by atoms with Crippen LogP contribution in [0, 0.1) is 0 Å². The Morgan fingerprint density at radius 1 is 1.19 bits per heavy atom. The van der Waals surface area contributed by atoms with E-state index < -0.39 is 0 Å². The van der Waals surface area contributed by atoms with Gasteiger partial charge in [0.15, 0.2) is 0 Å². The molecule has 120 valence electrons. The zero-order valence-corrected chi connectivity index (χ0v) is 14.1. The van der Waals surface area contributed by atoms with Gasteiger partial charge in [-0.3, -0.25) is 4.90 Å². The molecular weight excluding hydrogens is 264 g/mol. The Morgan fingerprint density at radius 2 is 1.86 bits per heavy atom. The SMILES string of the molecule is CCOc1ccc(C(CN(CCOC)C(C)C)NC)cc1. The molecule has 0 aliphatic carbocycles. The summed E-state index contributed by atoms with van der Waals surface area (Å²) in [4.78, 5) is 2.43. The van der Waals surface area contributed by atoms with Crippen LogP contribution in [0.25, 0.3) is 0 Å². The molecule has 0 aliphatic heterocycles. The summed E-state index contributed by atoms with van der Waals surface area (Å²) >= 11 is 0. The molecule has 0 aliphatic rings. The van der Waals surface area contributed by atoms with Gasteiger partial charge in [0.2, 0.25) is 0 Å². The molecule has 4 nitrogen and oxygen atoms in total. The van der Waals surface area contributed by atoms with Gasteiger partial charge in [-0.1, -0.05) is 12.1 Å². The van der Waals surface area contributed by atoms with Crippen molar-refractivity contribution in [1.29, 1.82) is 0 Å². The van der Waals surface area contributed by atoms with E-state index in [2.05, 4.69) is 36.2 Å². The van der Waals surface area contributed by atoms with E-state index in [9.17, 15) is 0 Å². The van der Waals surface area contributed by atoms with Crippen molar-refractivity contribution in [3.63, 3.8) is 0 Å². The number of rotatable bonds is 10. The Labute approximate surface area is 129 Å². The van der Waals surface area contributed by atoms with Crippen molar-refractivity contribution in [3.8, 4) is 5.75 Å². The first kappa shape index (κ1) is 18.0. The number of nitrogens with one attached hydrogen (secondary N) is 1. The van der Waals surface area contributed by atoms with Crippen molar-refractivity contribution < 1.29 is 9.47 Å². The summed E-state index contributed by atoms with van der Waals surface area (Å²) in [7, 11) is 3.76. The van der Waals surface area contributed by atoms with Crippen LogP contribution in [0.2, 0.25) is 0 Å². The molecule has 4 heteroatoms. The van der Waals surface area contributed by atoms with Crippen molar-refractivity contribution in [3.05, 3.63) is 29.8 Å². The van der Waals surface area contributed by atoms with E-state index in [1.165, 1.54) is 5.56 Å². The van der Waals surface area contributed by atoms with Crippen LogP contribution < -0.4 is 10.1 Å². The lowest BCUT2D eigenvalue weighted by atomic mass is 10.1. The highest BCUT2D eigenvalue weighted by Crippen LogP contribution is 2.19. The minimum absolute atomic E-state index is 0.305. The lowest BCUT2D eigenvalue weighted by Crippen LogP contribution is -2.40. The molecule has 0 fully saturated rings. The van der Waals surface area contributed by atoms with Crippen LogP contribution in [0.4, 0.5) is 0 Å². The van der Waals surface area contributed by atoms with Crippen LogP contribution in [0.15, 0.2) is 24.3 Å². The zero-order chi connectivity index (χ0) is 15.7. The number of methoxy groups -OCH3 is 1. The van der Waals surface area contributed by atoms with E-state index >= 15 is 0 Å². The molecule has 0 bridgehead atoms. The lowest BCUT2D eigenvalue weighted by molar-refractivity contribution is 0.122. The summed E-state index contributed by atoms with van der Waals surface area (Å²) in [5.41, 5.74) is 1.28. The van der Waals surface area contributed by atoms with Gasteiger partial charge in [0.1, 0.15) is 5.75 Å². The summed E-state index contributed by atoms with van der Waals surface area (Å²) in [5.74, 6) is 0.927. The first-order valence-electron chi connectivity index (χ1n) is 7.75. The average Bonchev–Trinajstić information content (AvgIpc) is 2.48. The maximum atomic E-state index is 5.50. The maximum absolute atomic E-state index is 5.50. The van der Waals surface area contributed by atoms with Gasteiger partial charge < -0.3 is 14.8 Å². The van der Waals surface area contributed by atoms with Crippen molar-refractivity contribution in [2.24, 2.45) is 0 Å². The molecule has 0 radical (unpaired) electrons. The fourth-order valence-corrected chi connectivity index (χ4v) is 2.33. The molecule has 1 N–H and O–H groups in total. The first-order chi connectivity index (χ1) is 10.1. The molecule has 0 amide bonds. The number of hydrogen-bond acceptors (Lipinski definition) is 4. The summed E-state index contributed by atoms with van der Waals surface area (Å²) in [6.45, 7) is 9.82. The number of likely N-dealkylation sites (N-methyl/N-ethyl adjacent to an activating group) is 1. The van der Waals surface area contributed by atoms with E-state index in [0.29, 0.717) is 18.7 Å². The molecule has 0 spiro atoms. The molecule has 1 atom stereocenters. The second-order valence-corrected chi connectivity index (χ2v) is 5.42. The van der Waals surface area contributed by atoms with Crippen molar-refractivity contribution in [2.45, 2.75) is 32.9 Å². The van der Waals surface area contributed by atoms with Crippen molar-refractivity contribution in [2.75, 3.05) is 40.5 Å². The molecule has 0 aromatic heterocycles. The number of nitrogens with zero attached hydrogens (tertiary/aromatic N) is 1. The van der Waals surface area contributed by atoms with Gasteiger partial charge in [-0.25, -0.2) is 0 Å². The van der Waals surface area contributed by atoms with Crippen LogP contribution in [0.5, 0.6) is 5.75 Å². The molecule has 1 aromatic rings. The normalized spacial score (nSPS) is 12.9. The topological polar surface area (TPSA) is 33.7 Å². The zero-order valence-electron chi connectivity index (χ0n) is 14.1. The predicted molar refractivity (Wildman–Crippen MR) is 88.0 cm³/mol. The largest absolute Gasteiger partial charge is 0.494 e. The summed E-state index contributed by atoms with van der Waals surface area (Å²) in [6.07, 6.45) is 0. The van der Waals surface area contributed by atoms with Crippen molar-refractivity contribution >= 4 is 0 Å². The molecule has 1 unspecified atom stereocenters. The fraction of sp³-hybridized carbons (Fsp3) is 0.647. The summed E-state index contributed by atoms with van der Waals surface area (Å²) < 4.78 is 10.7. The molecule has 1 aromatic carbocycles. The second-order valence-electron chi connectivity index (χ2n) is 5.42. The quantitative estimate of drug-likeness (QED) is 0.719. The van der Waals surface area contributed by atoms with Gasteiger partial charge >= 0.3 is 0 Å². The molecule has 1 rings (SSSR count). The van der Waals surface area contributed by atoms with Crippen LogP contribution in [-0.4, -0.2) is 51.4 Å². The highest BCUT2D eigenvalue weighted by Gasteiger charge is 2.16. The monoisotopic (exact) mass is 294 g/mol. The second kappa shape index (κ2) is 9.77. The Hall–Kier alpha value is -1.10. The average molecular weight is 294 g/mol. The number of hydrogen-bond donors (Lipinski definition) is 1. The Morgan fingerprint density at radius 3 is 2.33 bits per heavy atom. The molecule has 21 heavy (non-hydrogen) atoms. The van der Waals surface area contributed by atoms with Gasteiger partial charge in [-0.2, -0.15) is 0 Å². The van der Waals surface area contributed by atoms with E-state index in [1.54, 1.807) is 7.11 Å². The van der Waals surface area contributed by atoms with Crippen molar-refractivity contribution in [1.82, 2.24) is 10.2 Å². The highest BCUT2D eigenvalue weighted by molar-refractivity contribution is 5.29. The van der Waals surface area contributed by atoms with E-state index in [1.807, 2.05) is 26.1 Å². The van der Waals surface area contributed by atoms with E-state index in [0.717, 1.165) is 25.4 Å². The Kier molecular flexibility index (Phi) is 8.35. The summed E-state index contributed by atoms with van der Waals surface area (Å²) in [6, 6.07) is 9.16. The minimum Gasteiger partial charge on any atom is -0.494 e. The Bertz CT molecular complexity index is 379. The lowest BCUT2D eigenvalue weighted by Gasteiger charge is -2.30. The predicted octanol–water partition coefficient (Wildman–Crippen LogP) is 2.70. The third-order valence-electron chi connectivity index (χ3n) is 3.67. The van der Waals surface area contributed by atoms with Gasteiger partial charge in [-0.15, -0.1) is 0 Å². The third kappa shape index (κ3) is 6.04.